The van der Waals surface area contributed by atoms with Gasteiger partial charge in [0.15, 0.2) is 23.0 Å². The molecule has 3 rings (SSSR count). The second kappa shape index (κ2) is 11.6. The number of hydrogen-bond acceptors (Lipinski definition) is 6. The van der Waals surface area contributed by atoms with Crippen LogP contribution in [0.25, 0.3) is 0 Å². The van der Waals surface area contributed by atoms with Gasteiger partial charge in [-0.1, -0.05) is 6.07 Å². The highest BCUT2D eigenvalue weighted by Crippen LogP contribution is 2.37. The number of benzene rings is 2. The molecule has 1 atom stereocenters. The molecule has 0 saturated carbocycles. The molecule has 1 aliphatic heterocycles. The Kier molecular flexibility index (Phi) is 9.23. The van der Waals surface area contributed by atoms with Crippen molar-refractivity contribution in [3.05, 3.63) is 47.5 Å². The number of carbonyl (C=O) groups is 1. The Balaban J connectivity index is 0.00000320. The minimum atomic E-state index is -0.148. The summed E-state index contributed by atoms with van der Waals surface area (Å²) in [4.78, 5) is 12.5. The first-order chi connectivity index (χ1) is 14.1. The fraction of sp³-hybridized carbons (Fsp3) is 0.409. The minimum absolute atomic E-state index is 0. The summed E-state index contributed by atoms with van der Waals surface area (Å²) >= 11 is 0. The van der Waals surface area contributed by atoms with Crippen molar-refractivity contribution >= 4 is 18.3 Å². The van der Waals surface area contributed by atoms with Crippen LogP contribution in [0.1, 0.15) is 28.8 Å². The average molecular weight is 437 g/mol. The molecule has 1 aliphatic rings. The molecule has 2 aromatic carbocycles. The monoisotopic (exact) mass is 436 g/mol. The zero-order valence-corrected chi connectivity index (χ0v) is 18.1. The zero-order chi connectivity index (χ0) is 20.6. The van der Waals surface area contributed by atoms with Crippen LogP contribution in [-0.2, 0) is 11.3 Å². The molecule has 1 saturated heterocycles. The van der Waals surface area contributed by atoms with Crippen LogP contribution in [0.5, 0.6) is 23.0 Å². The number of nitrogens with one attached hydrogen (secondary N) is 1. The van der Waals surface area contributed by atoms with Gasteiger partial charge in [0.2, 0.25) is 0 Å². The third-order valence-corrected chi connectivity index (χ3v) is 4.92. The molecule has 8 heteroatoms. The third-order valence-electron chi connectivity index (χ3n) is 4.92. The van der Waals surface area contributed by atoms with Crippen molar-refractivity contribution in [2.24, 2.45) is 11.7 Å². The van der Waals surface area contributed by atoms with Crippen LogP contribution in [0.3, 0.4) is 0 Å². The van der Waals surface area contributed by atoms with Gasteiger partial charge in [0, 0.05) is 25.3 Å². The highest BCUT2D eigenvalue weighted by atomic mass is 35.5. The summed E-state index contributed by atoms with van der Waals surface area (Å²) in [5, 5.41) is 2.97. The smallest absolute Gasteiger partial charge is 0.251 e. The Morgan fingerprint density at radius 2 is 1.80 bits per heavy atom. The van der Waals surface area contributed by atoms with Crippen molar-refractivity contribution < 1.29 is 23.7 Å². The summed E-state index contributed by atoms with van der Waals surface area (Å²) < 4.78 is 22.3. The van der Waals surface area contributed by atoms with Crippen LogP contribution in [-0.4, -0.2) is 39.9 Å². The van der Waals surface area contributed by atoms with Gasteiger partial charge in [0.05, 0.1) is 20.8 Å². The molecule has 2 aromatic rings. The van der Waals surface area contributed by atoms with Crippen LogP contribution in [0.15, 0.2) is 36.4 Å². The molecule has 1 fully saturated rings. The van der Waals surface area contributed by atoms with E-state index in [0.29, 0.717) is 54.2 Å². The third kappa shape index (κ3) is 6.01. The second-order valence-electron chi connectivity index (χ2n) is 6.95. The normalized spacial score (nSPS) is 15.6. The number of rotatable bonds is 8. The molecule has 1 unspecified atom stereocenters. The van der Waals surface area contributed by atoms with Gasteiger partial charge >= 0.3 is 0 Å². The number of nitrogens with two attached hydrogens (primary N) is 1. The van der Waals surface area contributed by atoms with E-state index >= 15 is 0 Å². The first-order valence-corrected chi connectivity index (χ1v) is 9.73. The molecular formula is C22H29ClN2O5. The molecule has 7 nitrogen and oxygen atoms in total. The number of methoxy groups -OCH3 is 2. The highest BCUT2D eigenvalue weighted by Gasteiger charge is 2.17. The summed E-state index contributed by atoms with van der Waals surface area (Å²) in [6, 6.07) is 10.6. The summed E-state index contributed by atoms with van der Waals surface area (Å²) in [6.07, 6.45) is 2.11. The maximum Gasteiger partial charge on any atom is 0.251 e. The van der Waals surface area contributed by atoms with Gasteiger partial charge in [-0.25, -0.2) is 0 Å². The number of halogens is 1. The number of hydrogen-bond donors (Lipinski definition) is 2. The van der Waals surface area contributed by atoms with Crippen molar-refractivity contribution in [2.75, 3.05) is 34.0 Å². The Morgan fingerprint density at radius 1 is 1.10 bits per heavy atom. The molecule has 3 N–H and O–H groups in total. The Morgan fingerprint density at radius 3 is 2.43 bits per heavy atom. The molecule has 30 heavy (non-hydrogen) atoms. The topological polar surface area (TPSA) is 92.0 Å². The lowest BCUT2D eigenvalue weighted by Gasteiger charge is -2.22. The van der Waals surface area contributed by atoms with Crippen LogP contribution in [0, 0.1) is 5.92 Å². The van der Waals surface area contributed by atoms with Crippen LogP contribution >= 0.6 is 12.4 Å². The predicted octanol–water partition coefficient (Wildman–Crippen LogP) is 3.53. The second-order valence-corrected chi connectivity index (χ2v) is 6.95. The maximum atomic E-state index is 12.5. The minimum Gasteiger partial charge on any atom is -0.493 e. The zero-order valence-electron chi connectivity index (χ0n) is 17.3. The van der Waals surface area contributed by atoms with Gasteiger partial charge < -0.3 is 30.0 Å². The predicted molar refractivity (Wildman–Crippen MR) is 117 cm³/mol. The Labute approximate surface area is 183 Å². The van der Waals surface area contributed by atoms with Crippen molar-refractivity contribution in [1.29, 1.82) is 0 Å². The maximum absolute atomic E-state index is 12.5. The van der Waals surface area contributed by atoms with E-state index in [1.165, 1.54) is 7.11 Å². The quantitative estimate of drug-likeness (QED) is 0.657. The molecule has 0 bridgehead atoms. The average Bonchev–Trinajstić information content (AvgIpc) is 2.78. The summed E-state index contributed by atoms with van der Waals surface area (Å²) in [5.41, 5.74) is 7.13. The van der Waals surface area contributed by atoms with Gasteiger partial charge in [-0.3, -0.25) is 4.79 Å². The molecule has 0 aliphatic carbocycles. The van der Waals surface area contributed by atoms with Crippen LogP contribution in [0.2, 0.25) is 0 Å². The van der Waals surface area contributed by atoms with Crippen molar-refractivity contribution in [3.8, 4) is 23.0 Å². The van der Waals surface area contributed by atoms with Gasteiger partial charge in [-0.15, -0.1) is 12.4 Å². The van der Waals surface area contributed by atoms with E-state index in [0.717, 1.165) is 25.0 Å². The molecule has 1 heterocycles. The fourth-order valence-electron chi connectivity index (χ4n) is 3.24. The van der Waals surface area contributed by atoms with E-state index in [9.17, 15) is 4.79 Å². The van der Waals surface area contributed by atoms with E-state index in [2.05, 4.69) is 5.32 Å². The van der Waals surface area contributed by atoms with Gasteiger partial charge in [-0.05, 0) is 54.7 Å². The van der Waals surface area contributed by atoms with Crippen molar-refractivity contribution in [1.82, 2.24) is 5.32 Å². The van der Waals surface area contributed by atoms with Crippen LogP contribution in [0.4, 0.5) is 0 Å². The Bertz CT molecular complexity index is 840. The van der Waals surface area contributed by atoms with Crippen LogP contribution < -0.4 is 25.3 Å². The molecule has 0 spiro atoms. The lowest BCUT2D eigenvalue weighted by atomic mass is 10.0. The summed E-state index contributed by atoms with van der Waals surface area (Å²) in [6.45, 7) is 2.52. The van der Waals surface area contributed by atoms with Gasteiger partial charge in [0.25, 0.3) is 5.91 Å². The lowest BCUT2D eigenvalue weighted by Crippen LogP contribution is -2.33. The highest BCUT2D eigenvalue weighted by molar-refractivity contribution is 5.94. The van der Waals surface area contributed by atoms with Crippen molar-refractivity contribution in [3.63, 3.8) is 0 Å². The fourth-order valence-corrected chi connectivity index (χ4v) is 3.24. The number of ether oxygens (including phenoxy) is 4. The number of carbonyl (C=O) groups excluding carboxylic acids is 1. The van der Waals surface area contributed by atoms with Gasteiger partial charge in [0.1, 0.15) is 0 Å². The van der Waals surface area contributed by atoms with Gasteiger partial charge in [-0.2, -0.15) is 0 Å². The first-order valence-electron chi connectivity index (χ1n) is 9.73. The summed E-state index contributed by atoms with van der Waals surface area (Å²) in [7, 11) is 3.11. The largest absolute Gasteiger partial charge is 0.493 e. The Hall–Kier alpha value is -2.48. The molecule has 1 amide bonds. The first kappa shape index (κ1) is 23.8. The molecule has 0 aromatic heterocycles. The summed E-state index contributed by atoms with van der Waals surface area (Å²) in [5.74, 6) is 2.28. The standard InChI is InChI=1S/C22H28N2O5.ClH/c1-26-20-10-15(12-23)5-7-18(20)29-19-8-6-17(11-21(19)27-2)22(25)24-13-16-4-3-9-28-14-16;/h5-8,10-11,16H,3-4,9,12-14,23H2,1-2H3,(H,24,25);1H. The van der Waals surface area contributed by atoms with E-state index in [1.807, 2.05) is 12.1 Å². The van der Waals surface area contributed by atoms with E-state index in [4.69, 9.17) is 24.7 Å². The lowest BCUT2D eigenvalue weighted by molar-refractivity contribution is 0.0536. The van der Waals surface area contributed by atoms with Crippen molar-refractivity contribution in [2.45, 2.75) is 19.4 Å². The molecule has 0 radical (unpaired) electrons. The molecule has 164 valence electrons. The van der Waals surface area contributed by atoms with E-state index in [1.54, 1.807) is 31.4 Å². The SMILES string of the molecule is COc1cc(CN)ccc1Oc1ccc(C(=O)NCC2CCCOC2)cc1OC.Cl. The molecular weight excluding hydrogens is 408 g/mol. The number of amides is 1. The van der Waals surface area contributed by atoms with E-state index in [-0.39, 0.29) is 18.3 Å². The van der Waals surface area contributed by atoms with E-state index < -0.39 is 0 Å².